The Kier molecular flexibility index (Phi) is 5.17. The molecule has 0 atom stereocenters. The molecule has 6 heteroatoms. The molecule has 96 valence electrons. The van der Waals surface area contributed by atoms with Crippen molar-refractivity contribution in [3.63, 3.8) is 0 Å². The maximum absolute atomic E-state index is 11.4. The lowest BCUT2D eigenvalue weighted by Gasteiger charge is -2.31. The highest BCUT2D eigenvalue weighted by atomic mass is 32.2. The molecule has 1 fully saturated rings. The van der Waals surface area contributed by atoms with E-state index in [-0.39, 0.29) is 6.54 Å². The minimum atomic E-state index is -3.44. The summed E-state index contributed by atoms with van der Waals surface area (Å²) in [7, 11) is -3.44. The minimum Gasteiger partial charge on any atom is -0.389 e. The Morgan fingerprint density at radius 1 is 1.19 bits per heavy atom. The minimum absolute atomic E-state index is 0.117. The number of hydrogen-bond acceptors (Lipinski definition) is 3. The molecule has 1 saturated carbocycles. The zero-order chi connectivity index (χ0) is 12.1. The van der Waals surface area contributed by atoms with Gasteiger partial charge in [0.1, 0.15) is 0 Å². The van der Waals surface area contributed by atoms with Crippen molar-refractivity contribution in [2.75, 3.05) is 13.1 Å². The third-order valence-electron chi connectivity index (χ3n) is 2.92. The molecule has 5 nitrogen and oxygen atoms in total. The molecule has 0 aromatic carbocycles. The molecule has 0 aromatic rings. The Balaban J connectivity index is 2.37. The SMILES string of the molecule is CCCNS(=O)(=O)NCC1(O)CCCCC1. The van der Waals surface area contributed by atoms with Gasteiger partial charge in [0.15, 0.2) is 0 Å². The summed E-state index contributed by atoms with van der Waals surface area (Å²) >= 11 is 0. The van der Waals surface area contributed by atoms with Gasteiger partial charge >= 0.3 is 0 Å². The van der Waals surface area contributed by atoms with Crippen LogP contribution in [0, 0.1) is 0 Å². The first-order chi connectivity index (χ1) is 7.47. The van der Waals surface area contributed by atoms with Gasteiger partial charge in [-0.15, -0.1) is 0 Å². The third-order valence-corrected chi connectivity index (χ3v) is 4.03. The molecule has 1 aliphatic carbocycles. The Hall–Kier alpha value is -0.170. The van der Waals surface area contributed by atoms with E-state index in [0.29, 0.717) is 19.4 Å². The molecule has 0 amide bonds. The van der Waals surface area contributed by atoms with Crippen LogP contribution in [-0.4, -0.2) is 32.2 Å². The zero-order valence-electron chi connectivity index (χ0n) is 9.83. The van der Waals surface area contributed by atoms with Gasteiger partial charge in [0.25, 0.3) is 10.2 Å². The van der Waals surface area contributed by atoms with Gasteiger partial charge in [0, 0.05) is 13.1 Å². The van der Waals surface area contributed by atoms with Gasteiger partial charge in [-0.1, -0.05) is 26.2 Å². The molecule has 1 rings (SSSR count). The fraction of sp³-hybridized carbons (Fsp3) is 1.00. The van der Waals surface area contributed by atoms with Crippen LogP contribution in [0.5, 0.6) is 0 Å². The maximum Gasteiger partial charge on any atom is 0.277 e. The topological polar surface area (TPSA) is 78.4 Å². The van der Waals surface area contributed by atoms with Gasteiger partial charge in [-0.3, -0.25) is 0 Å². The van der Waals surface area contributed by atoms with Crippen LogP contribution in [0.1, 0.15) is 45.4 Å². The summed E-state index contributed by atoms with van der Waals surface area (Å²) in [5.74, 6) is 0. The highest BCUT2D eigenvalue weighted by Gasteiger charge is 2.30. The largest absolute Gasteiger partial charge is 0.389 e. The summed E-state index contributed by atoms with van der Waals surface area (Å²) in [6, 6.07) is 0. The van der Waals surface area contributed by atoms with E-state index < -0.39 is 15.8 Å². The molecule has 0 radical (unpaired) electrons. The number of nitrogens with one attached hydrogen (secondary N) is 2. The molecule has 1 aliphatic rings. The molecule has 0 unspecified atom stereocenters. The average molecular weight is 250 g/mol. The maximum atomic E-state index is 11.4. The monoisotopic (exact) mass is 250 g/mol. The fourth-order valence-corrected chi connectivity index (χ4v) is 2.94. The molecule has 0 spiro atoms. The summed E-state index contributed by atoms with van der Waals surface area (Å²) in [4.78, 5) is 0. The van der Waals surface area contributed by atoms with E-state index in [1.54, 1.807) is 0 Å². The smallest absolute Gasteiger partial charge is 0.277 e. The van der Waals surface area contributed by atoms with Crippen molar-refractivity contribution in [1.29, 1.82) is 0 Å². The fourth-order valence-electron chi connectivity index (χ4n) is 1.90. The van der Waals surface area contributed by atoms with Crippen molar-refractivity contribution in [2.24, 2.45) is 0 Å². The van der Waals surface area contributed by atoms with Crippen LogP contribution in [0.15, 0.2) is 0 Å². The first-order valence-corrected chi connectivity index (χ1v) is 7.42. The quantitative estimate of drug-likeness (QED) is 0.643. The predicted octanol–water partition coefficient (Wildman–Crippen LogP) is 0.516. The van der Waals surface area contributed by atoms with E-state index in [1.165, 1.54) is 0 Å². The van der Waals surface area contributed by atoms with Crippen LogP contribution in [0.2, 0.25) is 0 Å². The second-order valence-electron chi connectivity index (χ2n) is 4.50. The number of rotatable bonds is 6. The van der Waals surface area contributed by atoms with Crippen molar-refractivity contribution in [2.45, 2.75) is 51.0 Å². The molecule has 0 aliphatic heterocycles. The van der Waals surface area contributed by atoms with Crippen LogP contribution < -0.4 is 9.44 Å². The molecular formula is C10H22N2O3S. The van der Waals surface area contributed by atoms with Crippen molar-refractivity contribution in [1.82, 2.24) is 9.44 Å². The summed E-state index contributed by atoms with van der Waals surface area (Å²) in [6.07, 6.45) is 5.20. The van der Waals surface area contributed by atoms with E-state index >= 15 is 0 Å². The summed E-state index contributed by atoms with van der Waals surface area (Å²) in [6.45, 7) is 2.44. The number of hydrogen-bond donors (Lipinski definition) is 3. The molecule has 16 heavy (non-hydrogen) atoms. The highest BCUT2D eigenvalue weighted by molar-refractivity contribution is 7.87. The molecule has 0 heterocycles. The Morgan fingerprint density at radius 2 is 1.81 bits per heavy atom. The van der Waals surface area contributed by atoms with Gasteiger partial charge in [-0.25, -0.2) is 4.72 Å². The van der Waals surface area contributed by atoms with Crippen LogP contribution in [0.25, 0.3) is 0 Å². The van der Waals surface area contributed by atoms with Crippen LogP contribution in [-0.2, 0) is 10.2 Å². The van der Waals surface area contributed by atoms with Gasteiger partial charge in [0.2, 0.25) is 0 Å². The average Bonchev–Trinajstić information content (AvgIpc) is 2.25. The third kappa shape index (κ3) is 4.78. The second kappa shape index (κ2) is 5.95. The van der Waals surface area contributed by atoms with Gasteiger partial charge in [0.05, 0.1) is 5.60 Å². The second-order valence-corrected chi connectivity index (χ2v) is 6.09. The van der Waals surface area contributed by atoms with Crippen molar-refractivity contribution in [3.05, 3.63) is 0 Å². The summed E-state index contributed by atoms with van der Waals surface area (Å²) in [5.41, 5.74) is -0.848. The van der Waals surface area contributed by atoms with Crippen LogP contribution in [0.3, 0.4) is 0 Å². The molecule has 0 aromatic heterocycles. The zero-order valence-corrected chi connectivity index (χ0v) is 10.6. The molecule has 3 N–H and O–H groups in total. The summed E-state index contributed by atoms with van der Waals surface area (Å²) in [5, 5.41) is 10.1. The van der Waals surface area contributed by atoms with E-state index in [4.69, 9.17) is 0 Å². The number of aliphatic hydroxyl groups is 1. The molecular weight excluding hydrogens is 228 g/mol. The van der Waals surface area contributed by atoms with Gasteiger partial charge in [-0.2, -0.15) is 13.1 Å². The Morgan fingerprint density at radius 3 is 2.38 bits per heavy atom. The van der Waals surface area contributed by atoms with Crippen LogP contribution >= 0.6 is 0 Å². The molecule has 0 saturated heterocycles. The Labute approximate surface area is 97.8 Å². The Bertz CT molecular complexity index is 297. The molecule has 0 bridgehead atoms. The van der Waals surface area contributed by atoms with E-state index in [9.17, 15) is 13.5 Å². The normalized spacial score (nSPS) is 20.9. The van der Waals surface area contributed by atoms with Crippen molar-refractivity contribution in [3.8, 4) is 0 Å². The van der Waals surface area contributed by atoms with Gasteiger partial charge in [-0.05, 0) is 19.3 Å². The van der Waals surface area contributed by atoms with Crippen molar-refractivity contribution >= 4 is 10.2 Å². The van der Waals surface area contributed by atoms with E-state index in [2.05, 4.69) is 9.44 Å². The standard InChI is InChI=1S/C10H22N2O3S/c1-2-8-11-16(14,15)12-9-10(13)6-4-3-5-7-10/h11-13H,2-9H2,1H3. The lowest BCUT2D eigenvalue weighted by Crippen LogP contribution is -2.47. The summed E-state index contributed by atoms with van der Waals surface area (Å²) < 4.78 is 27.7. The van der Waals surface area contributed by atoms with E-state index in [0.717, 1.165) is 25.7 Å². The first-order valence-electron chi connectivity index (χ1n) is 5.94. The van der Waals surface area contributed by atoms with E-state index in [1.807, 2.05) is 6.92 Å². The predicted molar refractivity (Wildman–Crippen MR) is 63.3 cm³/mol. The lowest BCUT2D eigenvalue weighted by molar-refractivity contribution is 0.00939. The van der Waals surface area contributed by atoms with Crippen LogP contribution in [0.4, 0.5) is 0 Å². The first kappa shape index (κ1) is 13.9. The highest BCUT2D eigenvalue weighted by Crippen LogP contribution is 2.27. The van der Waals surface area contributed by atoms with Crippen molar-refractivity contribution < 1.29 is 13.5 Å². The van der Waals surface area contributed by atoms with Gasteiger partial charge < -0.3 is 5.11 Å². The lowest BCUT2D eigenvalue weighted by atomic mass is 9.85.